The Bertz CT molecular complexity index is 395. The summed E-state index contributed by atoms with van der Waals surface area (Å²) in [7, 11) is 0. The van der Waals surface area contributed by atoms with Crippen molar-refractivity contribution in [2.45, 2.75) is 44.1 Å². The van der Waals surface area contributed by atoms with Crippen LogP contribution >= 0.6 is 0 Å². The van der Waals surface area contributed by atoms with Gasteiger partial charge in [0.05, 0.1) is 12.6 Å². The molecule has 1 aliphatic heterocycles. The third-order valence-corrected chi connectivity index (χ3v) is 3.48. The Morgan fingerprint density at radius 2 is 2.18 bits per heavy atom. The molecule has 3 rings (SSSR count). The van der Waals surface area contributed by atoms with Gasteiger partial charge >= 0.3 is 0 Å². The van der Waals surface area contributed by atoms with Crippen molar-refractivity contribution in [2.24, 2.45) is 0 Å². The fraction of sp³-hybridized carbons (Fsp3) is 0.750. The zero-order valence-electron chi connectivity index (χ0n) is 9.61. The summed E-state index contributed by atoms with van der Waals surface area (Å²) >= 11 is 0. The first kappa shape index (κ1) is 11.1. The van der Waals surface area contributed by atoms with Gasteiger partial charge in [0.2, 0.25) is 0 Å². The minimum absolute atomic E-state index is 0.0857. The van der Waals surface area contributed by atoms with Crippen molar-refractivity contribution >= 4 is 0 Å². The maximum absolute atomic E-state index is 12.7. The Morgan fingerprint density at radius 3 is 2.76 bits per heavy atom. The summed E-state index contributed by atoms with van der Waals surface area (Å²) in [6.07, 6.45) is 1.69. The molecule has 0 radical (unpaired) electrons. The van der Waals surface area contributed by atoms with Gasteiger partial charge in [-0.15, -0.1) is 0 Å². The molecule has 1 saturated carbocycles. The molecular weight excluding hydrogens is 226 g/mol. The topological polar surface area (TPSA) is 27.1 Å². The average Bonchev–Trinajstić information content (AvgIpc) is 3.09. The molecule has 1 atom stereocenters. The maximum Gasteiger partial charge on any atom is 0.282 e. The summed E-state index contributed by atoms with van der Waals surface area (Å²) in [6, 6.07) is 1.73. The number of alkyl halides is 2. The van der Waals surface area contributed by atoms with Gasteiger partial charge < -0.3 is 4.74 Å². The second-order valence-electron chi connectivity index (χ2n) is 4.88. The van der Waals surface area contributed by atoms with Crippen molar-refractivity contribution in [3.8, 4) is 0 Å². The maximum atomic E-state index is 12.7. The second-order valence-corrected chi connectivity index (χ2v) is 4.88. The highest BCUT2D eigenvalue weighted by atomic mass is 19.3. The van der Waals surface area contributed by atoms with Gasteiger partial charge in [-0.25, -0.2) is 8.78 Å². The van der Waals surface area contributed by atoms with E-state index < -0.39 is 6.43 Å². The number of nitrogens with zero attached hydrogens (tertiary/aromatic N) is 2. The number of rotatable bonds is 3. The molecule has 0 bridgehead atoms. The lowest BCUT2D eigenvalue weighted by Crippen LogP contribution is -2.23. The molecule has 0 unspecified atom stereocenters. The summed E-state index contributed by atoms with van der Waals surface area (Å²) in [5.74, 6) is 0.442. The standard InChI is InChI=1S/C12H16F2N2O/c13-12(14)10-6-11(8-3-4-8)16(15-10)9-2-1-5-17-7-9/h6,8-9,12H,1-5,7H2/t9-/m0/s1. The Balaban J connectivity index is 1.89. The minimum Gasteiger partial charge on any atom is -0.379 e. The molecule has 0 aromatic carbocycles. The Labute approximate surface area is 98.8 Å². The molecular formula is C12H16F2N2O. The molecule has 1 aromatic rings. The molecule has 2 fully saturated rings. The summed E-state index contributed by atoms with van der Waals surface area (Å²) < 4.78 is 32.6. The van der Waals surface area contributed by atoms with Crippen LogP contribution in [0.25, 0.3) is 0 Å². The van der Waals surface area contributed by atoms with Crippen molar-refractivity contribution in [1.82, 2.24) is 9.78 Å². The van der Waals surface area contributed by atoms with Gasteiger partial charge in [0, 0.05) is 18.2 Å². The van der Waals surface area contributed by atoms with Crippen LogP contribution in [0.2, 0.25) is 0 Å². The lowest BCUT2D eigenvalue weighted by Gasteiger charge is -2.24. The fourth-order valence-corrected chi connectivity index (χ4v) is 2.43. The third kappa shape index (κ3) is 2.20. The zero-order chi connectivity index (χ0) is 11.8. The molecule has 1 aliphatic carbocycles. The number of ether oxygens (including phenoxy) is 1. The van der Waals surface area contributed by atoms with Gasteiger partial charge in [0.25, 0.3) is 6.43 Å². The summed E-state index contributed by atoms with van der Waals surface area (Å²) in [5.41, 5.74) is 0.897. The van der Waals surface area contributed by atoms with E-state index in [1.54, 1.807) is 10.7 Å². The van der Waals surface area contributed by atoms with E-state index in [0.29, 0.717) is 12.5 Å². The molecule has 2 aliphatic rings. The first-order valence-electron chi connectivity index (χ1n) is 6.21. The van der Waals surface area contributed by atoms with Crippen molar-refractivity contribution < 1.29 is 13.5 Å². The summed E-state index contributed by atoms with van der Waals surface area (Å²) in [5, 5.41) is 4.08. The minimum atomic E-state index is -2.47. The molecule has 3 nitrogen and oxygen atoms in total. The molecule has 1 aromatic heterocycles. The van der Waals surface area contributed by atoms with Crippen LogP contribution < -0.4 is 0 Å². The monoisotopic (exact) mass is 242 g/mol. The molecule has 2 heterocycles. The molecule has 5 heteroatoms. The lowest BCUT2D eigenvalue weighted by molar-refractivity contribution is 0.0529. The van der Waals surface area contributed by atoms with E-state index in [4.69, 9.17) is 4.74 Å². The van der Waals surface area contributed by atoms with Gasteiger partial charge in [0.1, 0.15) is 5.69 Å². The summed E-state index contributed by atoms with van der Waals surface area (Å²) in [6.45, 7) is 1.38. The van der Waals surface area contributed by atoms with E-state index in [0.717, 1.165) is 38.0 Å². The zero-order valence-corrected chi connectivity index (χ0v) is 9.61. The average molecular weight is 242 g/mol. The van der Waals surface area contributed by atoms with Crippen LogP contribution in [0.15, 0.2) is 6.07 Å². The van der Waals surface area contributed by atoms with Gasteiger partial charge in [-0.1, -0.05) is 0 Å². The molecule has 0 spiro atoms. The first-order valence-corrected chi connectivity index (χ1v) is 6.21. The highest BCUT2D eigenvalue weighted by Gasteiger charge is 2.32. The van der Waals surface area contributed by atoms with E-state index in [1.165, 1.54) is 0 Å². The quantitative estimate of drug-likeness (QED) is 0.814. The highest BCUT2D eigenvalue weighted by molar-refractivity contribution is 5.20. The Kier molecular flexibility index (Phi) is 2.86. The van der Waals surface area contributed by atoms with Crippen LogP contribution in [-0.4, -0.2) is 23.0 Å². The Morgan fingerprint density at radius 1 is 1.35 bits per heavy atom. The molecule has 1 saturated heterocycles. The predicted molar refractivity (Wildman–Crippen MR) is 58.2 cm³/mol. The number of aromatic nitrogens is 2. The van der Waals surface area contributed by atoms with Gasteiger partial charge in [-0.05, 0) is 31.7 Å². The summed E-state index contributed by atoms with van der Waals surface area (Å²) in [4.78, 5) is 0. The van der Waals surface area contributed by atoms with Gasteiger partial charge in [-0.2, -0.15) is 5.10 Å². The number of halogens is 2. The number of hydrogen-bond donors (Lipinski definition) is 0. The van der Waals surface area contributed by atoms with Crippen molar-refractivity contribution in [3.63, 3.8) is 0 Å². The largest absolute Gasteiger partial charge is 0.379 e. The third-order valence-electron chi connectivity index (χ3n) is 3.48. The predicted octanol–water partition coefficient (Wildman–Crippen LogP) is 3.05. The first-order chi connectivity index (χ1) is 8.25. The van der Waals surface area contributed by atoms with Crippen LogP contribution in [0.4, 0.5) is 8.78 Å². The normalized spacial score (nSPS) is 25.5. The van der Waals surface area contributed by atoms with Crippen LogP contribution in [0.5, 0.6) is 0 Å². The molecule has 94 valence electrons. The van der Waals surface area contributed by atoms with Crippen molar-refractivity contribution in [3.05, 3.63) is 17.5 Å². The van der Waals surface area contributed by atoms with E-state index in [1.807, 2.05) is 0 Å². The van der Waals surface area contributed by atoms with E-state index >= 15 is 0 Å². The van der Waals surface area contributed by atoms with Crippen molar-refractivity contribution in [2.75, 3.05) is 13.2 Å². The van der Waals surface area contributed by atoms with Gasteiger partial charge in [0.15, 0.2) is 0 Å². The van der Waals surface area contributed by atoms with Crippen LogP contribution in [0, 0.1) is 0 Å². The van der Waals surface area contributed by atoms with Gasteiger partial charge in [-0.3, -0.25) is 4.68 Å². The van der Waals surface area contributed by atoms with Crippen LogP contribution in [-0.2, 0) is 4.74 Å². The van der Waals surface area contributed by atoms with E-state index in [-0.39, 0.29) is 11.7 Å². The van der Waals surface area contributed by atoms with E-state index in [9.17, 15) is 8.78 Å². The van der Waals surface area contributed by atoms with E-state index in [2.05, 4.69) is 5.10 Å². The molecule has 0 N–H and O–H groups in total. The van der Waals surface area contributed by atoms with Crippen LogP contribution in [0.1, 0.15) is 55.5 Å². The van der Waals surface area contributed by atoms with Crippen LogP contribution in [0.3, 0.4) is 0 Å². The lowest BCUT2D eigenvalue weighted by atomic mass is 10.1. The smallest absolute Gasteiger partial charge is 0.282 e. The molecule has 17 heavy (non-hydrogen) atoms. The highest BCUT2D eigenvalue weighted by Crippen LogP contribution is 2.42. The fourth-order valence-electron chi connectivity index (χ4n) is 2.43. The Hall–Kier alpha value is -0.970. The number of hydrogen-bond acceptors (Lipinski definition) is 2. The SMILES string of the molecule is FC(F)c1cc(C2CC2)n([C@H]2CCCOC2)n1. The second kappa shape index (κ2) is 4.37. The van der Waals surface area contributed by atoms with Crippen molar-refractivity contribution in [1.29, 1.82) is 0 Å². The molecule has 0 amide bonds.